The van der Waals surface area contributed by atoms with Gasteiger partial charge in [-0.05, 0) is 19.1 Å². The maximum atomic E-state index is 4.38. The number of hydrogen-bond donors (Lipinski definition) is 0. The van der Waals surface area contributed by atoms with Crippen molar-refractivity contribution in [2.24, 2.45) is 0 Å². The first-order valence-electron chi connectivity index (χ1n) is 3.69. The Kier molecular flexibility index (Phi) is 1.35. The molecule has 0 amide bonds. The van der Waals surface area contributed by atoms with E-state index in [4.69, 9.17) is 0 Å². The van der Waals surface area contributed by atoms with Crippen LogP contribution in [0.4, 0.5) is 0 Å². The van der Waals surface area contributed by atoms with Crippen molar-refractivity contribution in [2.75, 3.05) is 0 Å². The van der Waals surface area contributed by atoms with Gasteiger partial charge in [-0.15, -0.1) is 0 Å². The van der Waals surface area contributed by atoms with Crippen LogP contribution in [0.3, 0.4) is 0 Å². The lowest BCUT2D eigenvalue weighted by Gasteiger charge is -1.95. The van der Waals surface area contributed by atoms with Gasteiger partial charge in [0.1, 0.15) is 0 Å². The molecule has 0 aliphatic carbocycles. The van der Waals surface area contributed by atoms with Crippen LogP contribution in [-0.4, -0.2) is 4.98 Å². The van der Waals surface area contributed by atoms with Crippen LogP contribution in [0.1, 0.15) is 5.69 Å². The summed E-state index contributed by atoms with van der Waals surface area (Å²) < 4.78 is 0. The number of nitrogens with zero attached hydrogens (tertiary/aromatic N) is 1. The van der Waals surface area contributed by atoms with Crippen LogP contribution in [0.2, 0.25) is 0 Å². The van der Waals surface area contributed by atoms with Gasteiger partial charge in [0.05, 0.1) is 5.52 Å². The van der Waals surface area contributed by atoms with E-state index in [1.807, 2.05) is 31.2 Å². The number of rotatable bonds is 0. The zero-order valence-corrected chi connectivity index (χ0v) is 6.41. The summed E-state index contributed by atoms with van der Waals surface area (Å²) in [5.74, 6) is 0. The number of fused-ring (bicyclic) bond motifs is 1. The van der Waals surface area contributed by atoms with Crippen LogP contribution in [0.25, 0.3) is 10.9 Å². The van der Waals surface area contributed by atoms with Gasteiger partial charge in [0.15, 0.2) is 0 Å². The highest BCUT2D eigenvalue weighted by atomic mass is 15.8. The monoisotopic (exact) mass is 155 g/mol. The van der Waals surface area contributed by atoms with Crippen LogP contribution < -0.4 is 0 Å². The molecule has 2 rings (SSSR count). The quantitative estimate of drug-likeness (QED) is 0.569. The summed E-state index contributed by atoms with van der Waals surface area (Å²) in [5.41, 5.74) is 2.15. The van der Waals surface area contributed by atoms with Gasteiger partial charge in [-0.1, -0.05) is 24.3 Å². The van der Waals surface area contributed by atoms with Crippen molar-refractivity contribution in [1.29, 1.82) is 0 Å². The molecule has 0 fully saturated rings. The Bertz CT molecular complexity index is 379. The molecule has 0 saturated carbocycles. The van der Waals surface area contributed by atoms with E-state index in [2.05, 4.69) is 17.1 Å². The Hall–Kier alpha value is -1.37. The molecule has 0 unspecified atom stereocenters. The Morgan fingerprint density at radius 1 is 1.36 bits per heavy atom. The molecule has 2 aromatic rings. The molecule has 0 spiro atoms. The number of benzene rings is 1. The van der Waals surface area contributed by atoms with Crippen molar-refractivity contribution in [2.45, 2.75) is 6.92 Å². The molecule has 1 aromatic heterocycles. The van der Waals surface area contributed by atoms with Gasteiger partial charge < -0.3 is 0 Å². The first-order chi connectivity index (χ1) is 5.36. The Morgan fingerprint density at radius 3 is 3.09 bits per heavy atom. The van der Waals surface area contributed by atoms with E-state index in [1.165, 1.54) is 5.39 Å². The van der Waals surface area contributed by atoms with Gasteiger partial charge in [-0.25, -0.2) is 0 Å². The maximum absolute atomic E-state index is 4.38. The smallest absolute Gasteiger partial charge is 0.0705 e. The predicted octanol–water partition coefficient (Wildman–Crippen LogP) is 2.54. The molecule has 54 valence electrons. The maximum Gasteiger partial charge on any atom is 0.0705 e. The van der Waals surface area contributed by atoms with Crippen molar-refractivity contribution >= 4 is 10.9 Å². The summed E-state index contributed by atoms with van der Waals surface area (Å²) in [4.78, 5) is 4.38. The van der Waals surface area contributed by atoms with Crippen LogP contribution in [-0.2, 0) is 0 Å². The lowest BCUT2D eigenvalue weighted by molar-refractivity contribution is 1.26. The summed E-state index contributed by atoms with van der Waals surface area (Å²) in [5, 5.41) is 1.21. The van der Waals surface area contributed by atoms with E-state index in [1.54, 1.807) is 0 Å². The van der Waals surface area contributed by atoms with Crippen LogP contribution in [0.15, 0.2) is 36.4 Å². The minimum absolute atomic E-state index is 1.07. The molecule has 0 N–H and O–H groups in total. The third-order valence-electron chi connectivity index (χ3n) is 1.74. The van der Waals surface area contributed by atoms with Crippen LogP contribution in [0, 0.1) is 6.92 Å². The zero-order chi connectivity index (χ0) is 7.68. The lowest BCUT2D eigenvalue weighted by atomic mass is 10.5. The van der Waals surface area contributed by atoms with Crippen LogP contribution >= 0.6 is 0 Å². The van der Waals surface area contributed by atoms with Crippen molar-refractivity contribution in [1.82, 2.24) is 4.98 Å². The Balaban J connectivity index is 2.83. The summed E-state index contributed by atoms with van der Waals surface area (Å²) in [6.45, 7) is 2.01. The van der Waals surface area contributed by atoms with Crippen molar-refractivity contribution < 1.29 is 0 Å². The minimum Gasteiger partial charge on any atom is -0.253 e. The van der Waals surface area contributed by atoms with Gasteiger partial charge in [0.25, 0.3) is 0 Å². The molecule has 11 heavy (non-hydrogen) atoms. The number of aryl methyl sites for hydroxylation is 1. The van der Waals surface area contributed by atoms with Crippen molar-refractivity contribution in [3.63, 3.8) is 0 Å². The second-order valence-corrected chi connectivity index (χ2v) is 2.65. The molecule has 1 nitrogen and oxygen atoms in total. The fourth-order valence-electron chi connectivity index (χ4n) is 1.17. The van der Waals surface area contributed by atoms with Crippen LogP contribution in [0.5, 0.6) is 0 Å². The van der Waals surface area contributed by atoms with E-state index in [0.29, 0.717) is 0 Å². The van der Waals surface area contributed by atoms with Gasteiger partial charge in [-0.3, -0.25) is 4.98 Å². The first-order valence-corrected chi connectivity index (χ1v) is 3.69. The molecule has 0 aliphatic rings. The standard InChI is InChI=1S/C10H9N/c1-8-6-7-9-4-2-3-5-10(9)11-8/h2-7H,1H3/i2+2,3+2,4+2,5+2,9+2,10+2. The summed E-state index contributed by atoms with van der Waals surface area (Å²) >= 11 is 0. The predicted molar refractivity (Wildman–Crippen MR) is 46.5 cm³/mol. The third kappa shape index (κ3) is 1.09. The first kappa shape index (κ1) is 6.35. The molecule has 1 aromatic carbocycles. The van der Waals surface area contributed by atoms with E-state index < -0.39 is 0 Å². The summed E-state index contributed by atoms with van der Waals surface area (Å²) in [6, 6.07) is 12.3. The molecular formula is C10H9N. The molecule has 1 heterocycles. The Morgan fingerprint density at radius 2 is 2.18 bits per heavy atom. The highest BCUT2D eigenvalue weighted by Crippen LogP contribution is 2.10. The second-order valence-electron chi connectivity index (χ2n) is 2.65. The topological polar surface area (TPSA) is 12.9 Å². The third-order valence-corrected chi connectivity index (χ3v) is 1.74. The van der Waals surface area contributed by atoms with E-state index in [9.17, 15) is 0 Å². The molecule has 0 radical (unpaired) electrons. The number of aromatic nitrogens is 1. The SMILES string of the molecule is Cc1cc[14c]2[14cH][14cH][14cH][14cH][14c]2n1. The fraction of sp³-hybridized carbons (Fsp3) is 0.100. The van der Waals surface area contributed by atoms with Gasteiger partial charge in [0.2, 0.25) is 0 Å². The largest absolute Gasteiger partial charge is 0.253 e. The summed E-state index contributed by atoms with van der Waals surface area (Å²) in [6.07, 6.45) is 0. The molecule has 1 heteroatoms. The Labute approximate surface area is 65.7 Å². The number of para-hydroxylation sites is 1. The molecule has 0 bridgehead atoms. The second kappa shape index (κ2) is 2.35. The molecular weight excluding hydrogens is 146 g/mol. The average molecular weight is 155 g/mol. The lowest BCUT2D eigenvalue weighted by Crippen LogP contribution is -1.80. The van der Waals surface area contributed by atoms with Gasteiger partial charge in [0, 0.05) is 11.1 Å². The number of pyridine rings is 1. The van der Waals surface area contributed by atoms with E-state index in [-0.39, 0.29) is 0 Å². The van der Waals surface area contributed by atoms with Gasteiger partial charge in [-0.2, -0.15) is 0 Å². The highest BCUT2D eigenvalue weighted by Gasteiger charge is 1.90. The highest BCUT2D eigenvalue weighted by molar-refractivity contribution is 5.78. The average Bonchev–Trinajstić information content (AvgIpc) is 2.04. The van der Waals surface area contributed by atoms with Crippen molar-refractivity contribution in [3.05, 3.63) is 42.1 Å². The van der Waals surface area contributed by atoms with Gasteiger partial charge >= 0.3 is 0 Å². The molecule has 0 atom stereocenters. The summed E-state index contributed by atoms with van der Waals surface area (Å²) in [7, 11) is 0. The number of hydrogen-bond acceptors (Lipinski definition) is 1. The minimum atomic E-state index is 1.07. The van der Waals surface area contributed by atoms with E-state index >= 15 is 0 Å². The molecule has 0 saturated heterocycles. The molecule has 0 aliphatic heterocycles. The normalized spacial score (nSPS) is 10.3. The fourth-order valence-corrected chi connectivity index (χ4v) is 1.17. The van der Waals surface area contributed by atoms with Crippen molar-refractivity contribution in [3.8, 4) is 0 Å². The van der Waals surface area contributed by atoms with E-state index in [0.717, 1.165) is 11.2 Å². The zero-order valence-electron chi connectivity index (χ0n) is 6.41.